The topological polar surface area (TPSA) is 102 Å². The van der Waals surface area contributed by atoms with Crippen molar-refractivity contribution in [2.75, 3.05) is 0 Å². The van der Waals surface area contributed by atoms with Crippen molar-refractivity contribution >= 4 is 78.2 Å². The van der Waals surface area contributed by atoms with Gasteiger partial charge in [-0.05, 0) is 50.3 Å². The fourth-order valence-electron chi connectivity index (χ4n) is 3.46. The van der Waals surface area contributed by atoms with Crippen LogP contribution >= 0.6 is 45.3 Å². The van der Waals surface area contributed by atoms with Crippen molar-refractivity contribution < 1.29 is 0 Å². The zero-order valence-corrected chi connectivity index (χ0v) is 21.3. The first-order chi connectivity index (χ1) is 16.5. The van der Waals surface area contributed by atoms with Crippen molar-refractivity contribution in [2.24, 2.45) is 0 Å². The summed E-state index contributed by atoms with van der Waals surface area (Å²) in [6, 6.07) is 13.9. The van der Waals surface area contributed by atoms with E-state index < -0.39 is 0 Å². The number of thiazole rings is 2. The van der Waals surface area contributed by atoms with E-state index in [9.17, 15) is 0 Å². The molecule has 0 radical (unpaired) electrons. The molecule has 0 N–H and O–H groups in total. The van der Waals surface area contributed by atoms with E-state index in [1.165, 1.54) is 11.3 Å². The summed E-state index contributed by atoms with van der Waals surface area (Å²) in [5.74, 6) is 0. The molecule has 5 aromatic heterocycles. The third kappa shape index (κ3) is 3.86. The number of hydrogen-bond donors (Lipinski definition) is 0. The van der Waals surface area contributed by atoms with E-state index in [1.54, 1.807) is 47.0 Å². The van der Waals surface area contributed by atoms with Crippen molar-refractivity contribution in [3.05, 3.63) is 45.2 Å². The van der Waals surface area contributed by atoms with Gasteiger partial charge in [0, 0.05) is 21.9 Å². The number of rotatable bonds is 5. The second-order valence-electron chi connectivity index (χ2n) is 7.21. The number of allylic oxidation sites excluding steroid dienone is 2. The van der Waals surface area contributed by atoms with Crippen LogP contribution in [0.4, 0.5) is 0 Å². The Labute approximate surface area is 211 Å². The molecule has 0 aliphatic heterocycles. The molecule has 34 heavy (non-hydrogen) atoms. The maximum Gasteiger partial charge on any atom is 0.155 e. The molecule has 0 saturated heterocycles. The van der Waals surface area contributed by atoms with Crippen LogP contribution in [0.15, 0.2) is 35.4 Å². The van der Waals surface area contributed by atoms with Crippen LogP contribution in [0, 0.1) is 34.0 Å². The Morgan fingerprint density at radius 3 is 1.82 bits per heavy atom. The van der Waals surface area contributed by atoms with Gasteiger partial charge in [0.1, 0.15) is 27.7 Å². The number of fused-ring (bicyclic) bond motifs is 3. The Balaban J connectivity index is 1.56. The largest absolute Gasteiger partial charge is 0.309 e. The summed E-state index contributed by atoms with van der Waals surface area (Å²) < 4.78 is 4.40. The summed E-state index contributed by atoms with van der Waals surface area (Å²) in [6.07, 6.45) is 3.49. The molecule has 5 rings (SSSR count). The number of aryl methyl sites for hydroxylation is 1. The fourth-order valence-corrected chi connectivity index (χ4v) is 7.80. The van der Waals surface area contributed by atoms with Crippen LogP contribution in [0.3, 0.4) is 0 Å². The highest BCUT2D eigenvalue weighted by Crippen LogP contribution is 2.44. The second kappa shape index (κ2) is 8.98. The number of hydrogen-bond acceptors (Lipinski definition) is 9. The van der Waals surface area contributed by atoms with E-state index >= 15 is 0 Å². The van der Waals surface area contributed by atoms with Gasteiger partial charge in [0.25, 0.3) is 0 Å². The summed E-state index contributed by atoms with van der Waals surface area (Å²) in [6.45, 7) is 4.66. The summed E-state index contributed by atoms with van der Waals surface area (Å²) in [7, 11) is 0. The van der Waals surface area contributed by atoms with Gasteiger partial charge in [0.05, 0.1) is 25.2 Å². The lowest BCUT2D eigenvalue weighted by Gasteiger charge is -1.97. The molecule has 6 nitrogen and oxygen atoms in total. The molecule has 5 heterocycles. The highest BCUT2D eigenvalue weighted by molar-refractivity contribution is 7.32. The SMILES string of the molecule is CCn1c2nc(-c3ccc(C=C(C)C#N)s3)sc2c2sc(-c3ccc(C=C(C#N)C#N)s3)nc21. The minimum absolute atomic E-state index is 0.0871. The number of nitriles is 3. The Kier molecular flexibility index (Phi) is 5.87. The number of aromatic nitrogens is 3. The first kappa shape index (κ1) is 22.2. The van der Waals surface area contributed by atoms with Crippen LogP contribution in [-0.4, -0.2) is 14.5 Å². The van der Waals surface area contributed by atoms with Gasteiger partial charge in [-0.15, -0.1) is 45.3 Å². The highest BCUT2D eigenvalue weighted by Gasteiger charge is 2.21. The Morgan fingerprint density at radius 1 is 0.824 bits per heavy atom. The third-order valence-corrected chi connectivity index (χ3v) is 9.65. The molecule has 5 aromatic rings. The first-order valence-corrected chi connectivity index (χ1v) is 13.4. The van der Waals surface area contributed by atoms with E-state index in [1.807, 2.05) is 36.4 Å². The maximum absolute atomic E-state index is 9.03. The van der Waals surface area contributed by atoms with Gasteiger partial charge in [-0.3, -0.25) is 0 Å². The van der Waals surface area contributed by atoms with Crippen LogP contribution in [0.1, 0.15) is 23.6 Å². The van der Waals surface area contributed by atoms with Crippen molar-refractivity contribution in [1.82, 2.24) is 14.5 Å². The van der Waals surface area contributed by atoms with Crippen molar-refractivity contribution in [3.63, 3.8) is 0 Å². The molecular formula is C24H14N6S4. The van der Waals surface area contributed by atoms with Crippen LogP contribution in [0.2, 0.25) is 0 Å². The van der Waals surface area contributed by atoms with Crippen molar-refractivity contribution in [3.8, 4) is 38.0 Å². The third-order valence-electron chi connectivity index (χ3n) is 4.99. The molecule has 0 fully saturated rings. The van der Waals surface area contributed by atoms with Gasteiger partial charge < -0.3 is 4.57 Å². The van der Waals surface area contributed by atoms with Crippen LogP contribution in [-0.2, 0) is 6.54 Å². The average Bonchev–Trinajstić information content (AvgIpc) is 3.64. The lowest BCUT2D eigenvalue weighted by molar-refractivity contribution is 0.809. The summed E-state index contributed by atoms with van der Waals surface area (Å²) in [5.41, 5.74) is 2.65. The molecule has 0 bridgehead atoms. The predicted octanol–water partition coefficient (Wildman–Crippen LogP) is 7.54. The quantitative estimate of drug-likeness (QED) is 0.225. The van der Waals surface area contributed by atoms with Gasteiger partial charge in [-0.2, -0.15) is 15.8 Å². The molecule has 0 spiro atoms. The lowest BCUT2D eigenvalue weighted by Crippen LogP contribution is -1.94. The fraction of sp³-hybridized carbons (Fsp3) is 0.125. The minimum atomic E-state index is 0.0871. The van der Waals surface area contributed by atoms with Gasteiger partial charge in [0.15, 0.2) is 11.3 Å². The Hall–Kier alpha value is -3.59. The number of nitrogens with zero attached hydrogens (tertiary/aromatic N) is 6. The number of thiophene rings is 2. The summed E-state index contributed by atoms with van der Waals surface area (Å²) in [5, 5.41) is 28.9. The van der Waals surface area contributed by atoms with Crippen molar-refractivity contribution in [2.45, 2.75) is 20.4 Å². The minimum Gasteiger partial charge on any atom is -0.309 e. The first-order valence-electron chi connectivity index (χ1n) is 10.1. The van der Waals surface area contributed by atoms with Gasteiger partial charge in [0.2, 0.25) is 0 Å². The van der Waals surface area contributed by atoms with Gasteiger partial charge in [-0.25, -0.2) is 9.97 Å². The van der Waals surface area contributed by atoms with E-state index in [0.29, 0.717) is 5.57 Å². The van der Waals surface area contributed by atoms with Crippen molar-refractivity contribution in [1.29, 1.82) is 15.8 Å². The summed E-state index contributed by atoms with van der Waals surface area (Å²) >= 11 is 6.45. The van der Waals surface area contributed by atoms with E-state index in [0.717, 1.165) is 56.8 Å². The van der Waals surface area contributed by atoms with Crippen LogP contribution in [0.5, 0.6) is 0 Å². The molecule has 164 valence electrons. The van der Waals surface area contributed by atoms with E-state index in [-0.39, 0.29) is 5.57 Å². The molecule has 0 unspecified atom stereocenters. The molecule has 10 heteroatoms. The highest BCUT2D eigenvalue weighted by atomic mass is 32.1. The van der Waals surface area contributed by atoms with E-state index in [4.69, 9.17) is 25.8 Å². The van der Waals surface area contributed by atoms with Gasteiger partial charge >= 0.3 is 0 Å². The van der Waals surface area contributed by atoms with E-state index in [2.05, 4.69) is 23.6 Å². The maximum atomic E-state index is 9.03. The molecule has 0 saturated carbocycles. The second-order valence-corrected chi connectivity index (χ2v) is 11.4. The standard InChI is InChI=1S/C24H14N6S4/c1-3-30-21-19(33-23(28-21)17-6-4-15(31-17)8-13(2)10-25)20-22(30)29-24(34-20)18-7-5-16(32-18)9-14(11-26)12-27/h4-9H,3H2,1-2H3. The molecule has 0 aliphatic carbocycles. The van der Waals surface area contributed by atoms with Gasteiger partial charge in [-0.1, -0.05) is 0 Å². The molecule has 0 amide bonds. The normalized spacial score (nSPS) is 11.4. The zero-order valence-electron chi connectivity index (χ0n) is 18.0. The molecule has 0 atom stereocenters. The Morgan fingerprint density at radius 2 is 1.35 bits per heavy atom. The smallest absolute Gasteiger partial charge is 0.155 e. The monoisotopic (exact) mass is 514 g/mol. The van der Waals surface area contributed by atoms with Crippen LogP contribution < -0.4 is 0 Å². The Bertz CT molecular complexity index is 1730. The lowest BCUT2D eigenvalue weighted by atomic mass is 10.3. The molecule has 0 aliphatic rings. The van der Waals surface area contributed by atoms with Crippen LogP contribution in [0.25, 0.3) is 52.6 Å². The average molecular weight is 515 g/mol. The predicted molar refractivity (Wildman–Crippen MR) is 142 cm³/mol. The molecular weight excluding hydrogens is 501 g/mol. The molecule has 0 aromatic carbocycles. The summed E-state index contributed by atoms with van der Waals surface area (Å²) in [4.78, 5) is 13.8. The zero-order chi connectivity index (χ0) is 23.8.